The number of benzene rings is 1. The minimum absolute atomic E-state index is 0.00400. The van der Waals surface area contributed by atoms with Crippen LogP contribution in [-0.2, 0) is 0 Å². The van der Waals surface area contributed by atoms with Gasteiger partial charge in [0.1, 0.15) is 17.3 Å². The van der Waals surface area contributed by atoms with E-state index in [-0.39, 0.29) is 40.2 Å². The molecule has 0 N–H and O–H groups in total. The largest absolute Gasteiger partial charge is 0.482 e. The fourth-order valence-electron chi connectivity index (χ4n) is 4.06. The van der Waals surface area contributed by atoms with Crippen molar-refractivity contribution in [3.05, 3.63) is 54.0 Å². The molecule has 1 atom stereocenters. The lowest BCUT2D eigenvalue weighted by molar-refractivity contribution is -0.0595. The zero-order chi connectivity index (χ0) is 27.2. The van der Waals surface area contributed by atoms with Gasteiger partial charge < -0.3 is 19.1 Å². The zero-order valence-electron chi connectivity index (χ0n) is 19.7. The van der Waals surface area contributed by atoms with Gasteiger partial charge in [-0.15, -0.1) is 0 Å². The number of hydrogen-bond donors (Lipinski definition) is 0. The number of ether oxygens (including phenoxy) is 3. The summed E-state index contributed by atoms with van der Waals surface area (Å²) in [6.45, 7) is -1.30. The number of imidazole rings is 1. The highest BCUT2D eigenvalue weighted by Crippen LogP contribution is 2.38. The maximum atomic E-state index is 15.0. The second-order valence-electron chi connectivity index (χ2n) is 8.24. The standard InChI is InChI=1S/C23H18F6N6O3/c1-36-21-13(7-31-22(32-21)37-2)15-6-16(20-30-8-18(25)35(20)33-15)34-9-17(23(28,29)10-34)38-11-3-4-14(24)12(5-11)19(26)27/h3-8,17,19H,9-10H2,1-2H3/t17-/m0/s1. The van der Waals surface area contributed by atoms with Gasteiger partial charge in [-0.25, -0.2) is 31.9 Å². The molecule has 38 heavy (non-hydrogen) atoms. The van der Waals surface area contributed by atoms with E-state index in [0.717, 1.165) is 22.8 Å². The molecule has 0 saturated carbocycles. The number of fused-ring (bicyclic) bond motifs is 1. The number of alkyl halides is 4. The van der Waals surface area contributed by atoms with Gasteiger partial charge in [0.05, 0.1) is 50.3 Å². The van der Waals surface area contributed by atoms with Crippen molar-refractivity contribution in [2.75, 3.05) is 32.2 Å². The van der Waals surface area contributed by atoms with Crippen LogP contribution in [0, 0.1) is 11.8 Å². The Morgan fingerprint density at radius 2 is 1.84 bits per heavy atom. The molecule has 0 bridgehead atoms. The van der Waals surface area contributed by atoms with Crippen LogP contribution >= 0.6 is 0 Å². The molecule has 0 unspecified atom stereocenters. The summed E-state index contributed by atoms with van der Waals surface area (Å²) >= 11 is 0. The molecule has 0 aliphatic carbocycles. The van der Waals surface area contributed by atoms with Crippen LogP contribution in [0.15, 0.2) is 36.7 Å². The Hall–Kier alpha value is -4.30. The van der Waals surface area contributed by atoms with Crippen molar-refractivity contribution in [2.45, 2.75) is 18.5 Å². The van der Waals surface area contributed by atoms with Crippen molar-refractivity contribution in [1.82, 2.24) is 24.6 Å². The minimum atomic E-state index is -3.47. The van der Waals surface area contributed by atoms with Crippen molar-refractivity contribution in [2.24, 2.45) is 0 Å². The van der Waals surface area contributed by atoms with Crippen LogP contribution in [0.4, 0.5) is 32.0 Å². The smallest absolute Gasteiger partial charge is 0.319 e. The Bertz CT molecular complexity index is 1500. The van der Waals surface area contributed by atoms with Crippen molar-refractivity contribution < 1.29 is 40.6 Å². The average Bonchev–Trinajstić information content (AvgIpc) is 3.42. The second kappa shape index (κ2) is 9.54. The molecule has 0 amide bonds. The third kappa shape index (κ3) is 4.48. The normalized spacial score (nSPS) is 16.9. The van der Waals surface area contributed by atoms with Crippen molar-refractivity contribution in [1.29, 1.82) is 0 Å². The van der Waals surface area contributed by atoms with Gasteiger partial charge in [-0.3, -0.25) is 0 Å². The van der Waals surface area contributed by atoms with Crippen LogP contribution in [-0.4, -0.2) is 63.9 Å². The predicted octanol–water partition coefficient (Wildman–Crippen LogP) is 4.32. The lowest BCUT2D eigenvalue weighted by atomic mass is 10.2. The second-order valence-corrected chi connectivity index (χ2v) is 8.24. The number of halogens is 6. The van der Waals surface area contributed by atoms with Crippen molar-refractivity contribution in [3.63, 3.8) is 0 Å². The Morgan fingerprint density at radius 3 is 2.55 bits per heavy atom. The van der Waals surface area contributed by atoms with Crippen LogP contribution in [0.2, 0.25) is 0 Å². The molecule has 1 aromatic carbocycles. The molecule has 9 nitrogen and oxygen atoms in total. The molecule has 3 aromatic heterocycles. The quantitative estimate of drug-likeness (QED) is 0.321. The molecule has 15 heteroatoms. The number of anilines is 1. The Balaban J connectivity index is 1.53. The molecule has 1 fully saturated rings. The van der Waals surface area contributed by atoms with Crippen molar-refractivity contribution in [3.8, 4) is 28.9 Å². The first kappa shape index (κ1) is 25.4. The molecule has 0 radical (unpaired) electrons. The monoisotopic (exact) mass is 540 g/mol. The molecule has 200 valence electrons. The molecule has 1 aliphatic heterocycles. The van der Waals surface area contributed by atoms with Gasteiger partial charge >= 0.3 is 11.9 Å². The Kier molecular flexibility index (Phi) is 6.36. The van der Waals surface area contributed by atoms with E-state index in [9.17, 15) is 17.6 Å². The van der Waals surface area contributed by atoms with Crippen LogP contribution in [0.25, 0.3) is 16.9 Å². The molecular weight excluding hydrogens is 522 g/mol. The molecule has 5 rings (SSSR count). The summed E-state index contributed by atoms with van der Waals surface area (Å²) in [6, 6.07) is 3.78. The van der Waals surface area contributed by atoms with Crippen LogP contribution in [0.3, 0.4) is 0 Å². The molecular formula is C23H18F6N6O3. The van der Waals surface area contributed by atoms with E-state index in [0.29, 0.717) is 6.07 Å². The summed E-state index contributed by atoms with van der Waals surface area (Å²) in [6.07, 6.45) is -2.76. The van der Waals surface area contributed by atoms with E-state index in [1.54, 1.807) is 0 Å². The first-order chi connectivity index (χ1) is 18.1. The van der Waals surface area contributed by atoms with Gasteiger partial charge in [-0.1, -0.05) is 0 Å². The third-order valence-electron chi connectivity index (χ3n) is 5.87. The highest BCUT2D eigenvalue weighted by atomic mass is 19.3. The highest BCUT2D eigenvalue weighted by molar-refractivity contribution is 5.76. The Morgan fingerprint density at radius 1 is 1.05 bits per heavy atom. The SMILES string of the molecule is COc1ncc(-c2cc(N3C[C@H](Oc4ccc(F)c(C(F)F)c4)C(F)(F)C3)c3ncc(F)n3n2)c(OC)n1. The minimum Gasteiger partial charge on any atom is -0.482 e. The van der Waals surface area contributed by atoms with Gasteiger partial charge in [0, 0.05) is 6.20 Å². The number of methoxy groups -OCH3 is 2. The summed E-state index contributed by atoms with van der Waals surface area (Å²) in [5.41, 5.74) is -0.650. The summed E-state index contributed by atoms with van der Waals surface area (Å²) in [4.78, 5) is 13.2. The van der Waals surface area contributed by atoms with Gasteiger partial charge in [0.25, 0.3) is 6.43 Å². The average molecular weight is 540 g/mol. The number of nitrogens with zero attached hydrogens (tertiary/aromatic N) is 6. The molecule has 4 aromatic rings. The van der Waals surface area contributed by atoms with E-state index in [2.05, 4.69) is 20.1 Å². The molecule has 0 spiro atoms. The van der Waals surface area contributed by atoms with Gasteiger partial charge in [-0.05, 0) is 24.3 Å². The number of aromatic nitrogens is 5. The number of hydrogen-bond acceptors (Lipinski definition) is 8. The highest BCUT2D eigenvalue weighted by Gasteiger charge is 2.51. The van der Waals surface area contributed by atoms with E-state index in [1.807, 2.05) is 0 Å². The maximum Gasteiger partial charge on any atom is 0.319 e. The lowest BCUT2D eigenvalue weighted by Crippen LogP contribution is -2.36. The summed E-state index contributed by atoms with van der Waals surface area (Å²) in [7, 11) is 2.68. The first-order valence-corrected chi connectivity index (χ1v) is 11.0. The van der Waals surface area contributed by atoms with Gasteiger partial charge in [0.15, 0.2) is 11.8 Å². The van der Waals surface area contributed by atoms with E-state index in [1.165, 1.54) is 31.4 Å². The summed E-state index contributed by atoms with van der Waals surface area (Å²) in [5, 5.41) is 4.19. The lowest BCUT2D eigenvalue weighted by Gasteiger charge is -2.20. The predicted molar refractivity (Wildman–Crippen MR) is 120 cm³/mol. The van der Waals surface area contributed by atoms with Crippen LogP contribution < -0.4 is 19.1 Å². The fourth-order valence-corrected chi connectivity index (χ4v) is 4.06. The Labute approximate surface area is 210 Å². The summed E-state index contributed by atoms with van der Waals surface area (Å²) < 4.78 is 101. The summed E-state index contributed by atoms with van der Waals surface area (Å²) in [5.74, 6) is -5.82. The molecule has 4 heterocycles. The van der Waals surface area contributed by atoms with Crippen LogP contribution in [0.1, 0.15) is 12.0 Å². The topological polar surface area (TPSA) is 86.9 Å². The van der Waals surface area contributed by atoms with E-state index in [4.69, 9.17) is 14.2 Å². The molecule has 1 aliphatic rings. The fraction of sp³-hybridized carbons (Fsp3) is 0.304. The third-order valence-corrected chi connectivity index (χ3v) is 5.87. The van der Waals surface area contributed by atoms with Gasteiger partial charge in [0.2, 0.25) is 11.8 Å². The van der Waals surface area contributed by atoms with E-state index >= 15 is 8.78 Å². The van der Waals surface area contributed by atoms with Gasteiger partial charge in [-0.2, -0.15) is 19.0 Å². The van der Waals surface area contributed by atoms with E-state index < -0.39 is 48.9 Å². The van der Waals surface area contributed by atoms with Crippen LogP contribution in [0.5, 0.6) is 17.6 Å². The van der Waals surface area contributed by atoms with Crippen molar-refractivity contribution >= 4 is 11.3 Å². The first-order valence-electron chi connectivity index (χ1n) is 11.0. The zero-order valence-corrected chi connectivity index (χ0v) is 19.7. The number of rotatable bonds is 7. The molecule has 1 saturated heterocycles. The maximum absolute atomic E-state index is 15.0.